The lowest BCUT2D eigenvalue weighted by Gasteiger charge is -2.18. The monoisotopic (exact) mass is 516 g/mol. The molecule has 0 bridgehead atoms. The minimum atomic E-state index is 0. The second-order valence-corrected chi connectivity index (χ2v) is 7.11. The van der Waals surface area contributed by atoms with Crippen LogP contribution in [0.1, 0.15) is 16.6 Å². The molecule has 0 spiro atoms. The van der Waals surface area contributed by atoms with Crippen LogP contribution < -0.4 is 10.6 Å². The van der Waals surface area contributed by atoms with Crippen molar-refractivity contribution in [2.45, 2.75) is 11.8 Å². The number of guanidine groups is 1. The Labute approximate surface area is 185 Å². The molecule has 0 aliphatic heterocycles. The van der Waals surface area contributed by atoms with Crippen molar-refractivity contribution in [2.75, 3.05) is 19.8 Å². The lowest BCUT2D eigenvalue weighted by molar-refractivity contribution is 0.753. The number of hydrogen-bond donors (Lipinski definition) is 2. The highest BCUT2D eigenvalue weighted by atomic mass is 127. The number of halogens is 2. The summed E-state index contributed by atoms with van der Waals surface area (Å²) in [5.41, 5.74) is 2.02. The number of benzene rings is 1. The molecule has 1 aromatic carbocycles. The molecule has 0 aliphatic carbocycles. The van der Waals surface area contributed by atoms with Gasteiger partial charge in [-0.1, -0.05) is 29.8 Å². The summed E-state index contributed by atoms with van der Waals surface area (Å²) in [4.78, 5) is 4.29. The second kappa shape index (κ2) is 10.7. The summed E-state index contributed by atoms with van der Waals surface area (Å²) in [7, 11) is 1.75. The van der Waals surface area contributed by atoms with Gasteiger partial charge in [0.05, 0.1) is 6.54 Å². The van der Waals surface area contributed by atoms with E-state index in [1.807, 2.05) is 47.0 Å². The number of nitrogens with zero attached hydrogens (tertiary/aromatic N) is 4. The van der Waals surface area contributed by atoms with Crippen molar-refractivity contribution in [3.8, 4) is 0 Å². The van der Waals surface area contributed by atoms with Crippen LogP contribution in [0, 0.1) is 0 Å². The van der Waals surface area contributed by atoms with Gasteiger partial charge in [-0.3, -0.25) is 9.39 Å². The van der Waals surface area contributed by atoms with Crippen LogP contribution in [-0.4, -0.2) is 40.4 Å². The fraction of sp³-hybridized carbons (Fsp3) is 0.278. The van der Waals surface area contributed by atoms with Crippen LogP contribution in [0.5, 0.6) is 0 Å². The van der Waals surface area contributed by atoms with Crippen molar-refractivity contribution in [1.29, 1.82) is 0 Å². The molecule has 2 heterocycles. The van der Waals surface area contributed by atoms with Gasteiger partial charge in [-0.2, -0.15) is 11.8 Å². The normalized spacial score (nSPS) is 12.5. The van der Waals surface area contributed by atoms with Crippen LogP contribution in [0.4, 0.5) is 0 Å². The van der Waals surface area contributed by atoms with E-state index in [1.54, 1.807) is 18.8 Å². The van der Waals surface area contributed by atoms with Crippen LogP contribution in [0.2, 0.25) is 5.02 Å². The van der Waals surface area contributed by atoms with E-state index in [9.17, 15) is 0 Å². The first kappa shape index (κ1) is 21.8. The molecule has 6 nitrogen and oxygen atoms in total. The number of fused-ring (bicyclic) bond motifs is 1. The summed E-state index contributed by atoms with van der Waals surface area (Å²) < 4.78 is 1.96. The third-order valence-corrected chi connectivity index (χ3v) is 5.22. The first-order valence-electron chi connectivity index (χ1n) is 8.22. The van der Waals surface area contributed by atoms with E-state index < -0.39 is 0 Å². The molecule has 3 aromatic rings. The Balaban J connectivity index is 0.00000261. The molecule has 0 fully saturated rings. The van der Waals surface area contributed by atoms with Gasteiger partial charge in [0.1, 0.15) is 0 Å². The molecule has 144 valence electrons. The Bertz CT molecular complexity index is 900. The quantitative estimate of drug-likeness (QED) is 0.297. The summed E-state index contributed by atoms with van der Waals surface area (Å²) >= 11 is 7.88. The molecule has 0 aliphatic rings. The third-order valence-electron chi connectivity index (χ3n) is 3.98. The first-order valence-corrected chi connectivity index (χ1v) is 9.89. The highest BCUT2D eigenvalue weighted by molar-refractivity contribution is 14.0. The summed E-state index contributed by atoms with van der Waals surface area (Å²) in [5.74, 6) is 1.55. The molecule has 0 saturated heterocycles. The first-order chi connectivity index (χ1) is 12.7. The molecule has 1 unspecified atom stereocenters. The molecule has 27 heavy (non-hydrogen) atoms. The van der Waals surface area contributed by atoms with Gasteiger partial charge < -0.3 is 10.6 Å². The number of thioether (sulfide) groups is 1. The summed E-state index contributed by atoms with van der Waals surface area (Å²) in [6.45, 7) is 1.27. The van der Waals surface area contributed by atoms with Crippen molar-refractivity contribution in [3.63, 3.8) is 0 Å². The molecule has 2 aromatic heterocycles. The zero-order valence-corrected chi connectivity index (χ0v) is 19.0. The van der Waals surface area contributed by atoms with E-state index in [-0.39, 0.29) is 29.2 Å². The Kier molecular flexibility index (Phi) is 8.65. The van der Waals surface area contributed by atoms with Crippen molar-refractivity contribution in [2.24, 2.45) is 4.99 Å². The van der Waals surface area contributed by atoms with E-state index in [1.165, 1.54) is 5.56 Å². The van der Waals surface area contributed by atoms with E-state index in [2.05, 4.69) is 38.1 Å². The molecule has 9 heteroatoms. The Morgan fingerprint density at radius 1 is 1.22 bits per heavy atom. The number of aromatic nitrogens is 3. The second-order valence-electron chi connectivity index (χ2n) is 5.63. The van der Waals surface area contributed by atoms with Gasteiger partial charge in [-0.05, 0) is 36.1 Å². The summed E-state index contributed by atoms with van der Waals surface area (Å²) in [6, 6.07) is 13.8. The lowest BCUT2D eigenvalue weighted by Crippen LogP contribution is -2.38. The topological polar surface area (TPSA) is 66.6 Å². The van der Waals surface area contributed by atoms with Crippen LogP contribution in [-0.2, 0) is 6.54 Å². The van der Waals surface area contributed by atoms with Crippen molar-refractivity contribution in [1.82, 2.24) is 25.2 Å². The van der Waals surface area contributed by atoms with Crippen LogP contribution in [0.3, 0.4) is 0 Å². The minimum Gasteiger partial charge on any atom is -0.355 e. The molecule has 0 amide bonds. The molecule has 3 rings (SSSR count). The number of aliphatic imine (C=N–C) groups is 1. The molecule has 2 N–H and O–H groups in total. The number of nitrogens with one attached hydrogen (secondary N) is 2. The molecule has 1 atom stereocenters. The summed E-state index contributed by atoms with van der Waals surface area (Å²) in [6.07, 6.45) is 4.04. The zero-order valence-electron chi connectivity index (χ0n) is 15.1. The maximum Gasteiger partial charge on any atom is 0.191 e. The Morgan fingerprint density at radius 3 is 2.81 bits per heavy atom. The van der Waals surface area contributed by atoms with Crippen LogP contribution in [0.25, 0.3) is 5.65 Å². The van der Waals surface area contributed by atoms with E-state index in [0.717, 1.165) is 29.0 Å². The smallest absolute Gasteiger partial charge is 0.191 e. The Morgan fingerprint density at radius 2 is 2.07 bits per heavy atom. The van der Waals surface area contributed by atoms with Gasteiger partial charge in [-0.25, -0.2) is 0 Å². The van der Waals surface area contributed by atoms with Gasteiger partial charge in [0.2, 0.25) is 0 Å². The maximum absolute atomic E-state index is 6.11. The fourth-order valence-electron chi connectivity index (χ4n) is 2.63. The average Bonchev–Trinajstić information content (AvgIpc) is 3.08. The molecule has 0 radical (unpaired) electrons. The zero-order chi connectivity index (χ0) is 18.4. The molecular weight excluding hydrogens is 495 g/mol. The highest BCUT2D eigenvalue weighted by Gasteiger charge is 2.12. The Hall–Kier alpha value is -1.52. The van der Waals surface area contributed by atoms with Crippen molar-refractivity contribution >= 4 is 58.9 Å². The standard InChI is InChI=1S/C18H21ClN6S.HI/c1-20-18(21-11-15(26-2)13-6-5-7-14(19)10-13)22-12-17-24-23-16-8-3-4-9-25(16)17;/h3-10,15H,11-12H2,1-2H3,(H2,20,21,22);1H. The largest absolute Gasteiger partial charge is 0.355 e. The van der Waals surface area contributed by atoms with Crippen molar-refractivity contribution < 1.29 is 0 Å². The number of hydrogen-bond acceptors (Lipinski definition) is 4. The van der Waals surface area contributed by atoms with Gasteiger partial charge in [0.25, 0.3) is 0 Å². The summed E-state index contributed by atoms with van der Waals surface area (Å²) in [5, 5.41) is 16.1. The number of rotatable bonds is 6. The predicted molar refractivity (Wildman–Crippen MR) is 124 cm³/mol. The number of pyridine rings is 1. The van der Waals surface area contributed by atoms with Gasteiger partial charge >= 0.3 is 0 Å². The average molecular weight is 517 g/mol. The third kappa shape index (κ3) is 5.73. The predicted octanol–water partition coefficient (Wildman–Crippen LogP) is 3.77. The highest BCUT2D eigenvalue weighted by Crippen LogP contribution is 2.27. The fourth-order valence-corrected chi connectivity index (χ4v) is 3.50. The van der Waals surface area contributed by atoms with E-state index in [0.29, 0.717) is 6.54 Å². The van der Waals surface area contributed by atoms with Gasteiger partial charge in [-0.15, -0.1) is 34.2 Å². The maximum atomic E-state index is 6.11. The van der Waals surface area contributed by atoms with Gasteiger partial charge in [0, 0.05) is 30.1 Å². The van der Waals surface area contributed by atoms with E-state index in [4.69, 9.17) is 11.6 Å². The molecular formula is C18H22ClIN6S. The molecule has 0 saturated carbocycles. The van der Waals surface area contributed by atoms with Crippen molar-refractivity contribution in [3.05, 3.63) is 65.1 Å². The minimum absolute atomic E-state index is 0. The van der Waals surface area contributed by atoms with E-state index >= 15 is 0 Å². The SMILES string of the molecule is CN=C(NCc1nnc2ccccn12)NCC(SC)c1cccc(Cl)c1.I. The van der Waals surface area contributed by atoms with Gasteiger partial charge in [0.15, 0.2) is 17.4 Å². The van der Waals surface area contributed by atoms with Crippen LogP contribution >= 0.6 is 47.3 Å². The lowest BCUT2D eigenvalue weighted by atomic mass is 10.1. The van der Waals surface area contributed by atoms with Crippen LogP contribution in [0.15, 0.2) is 53.7 Å².